The van der Waals surface area contributed by atoms with E-state index in [2.05, 4.69) is 17.4 Å². The zero-order valence-electron chi connectivity index (χ0n) is 7.47. The molecule has 66 valence electrons. The highest BCUT2D eigenvalue weighted by Crippen LogP contribution is 2.14. The van der Waals surface area contributed by atoms with Gasteiger partial charge < -0.3 is 4.74 Å². The maximum absolute atomic E-state index is 5.12. The van der Waals surface area contributed by atoms with Gasteiger partial charge in [0.2, 0.25) is 0 Å². The molecule has 1 unspecified atom stereocenters. The van der Waals surface area contributed by atoms with Crippen LogP contribution in [0.25, 0.3) is 0 Å². The van der Waals surface area contributed by atoms with E-state index >= 15 is 0 Å². The lowest BCUT2D eigenvalue weighted by Crippen LogP contribution is -2.43. The summed E-state index contributed by atoms with van der Waals surface area (Å²) in [6.07, 6.45) is 2.56. The molecule has 1 saturated heterocycles. The van der Waals surface area contributed by atoms with Crippen LogP contribution in [0, 0.1) is 0 Å². The molecule has 1 aliphatic heterocycles. The fourth-order valence-corrected chi connectivity index (χ4v) is 1.61. The average Bonchev–Trinajstić information content (AvgIpc) is 2.39. The Morgan fingerprint density at radius 2 is 2.45 bits per heavy atom. The summed E-state index contributed by atoms with van der Waals surface area (Å²) < 4.78 is 5.12. The second-order valence-electron chi connectivity index (χ2n) is 2.96. The van der Waals surface area contributed by atoms with Gasteiger partial charge in [-0.15, -0.1) is 0 Å². The van der Waals surface area contributed by atoms with Crippen molar-refractivity contribution in [3.8, 4) is 0 Å². The summed E-state index contributed by atoms with van der Waals surface area (Å²) in [5.74, 6) is 0. The van der Waals surface area contributed by atoms with Gasteiger partial charge in [-0.05, 0) is 12.8 Å². The second kappa shape index (κ2) is 4.70. The van der Waals surface area contributed by atoms with E-state index in [9.17, 15) is 0 Å². The Morgan fingerprint density at radius 1 is 1.64 bits per heavy atom. The van der Waals surface area contributed by atoms with E-state index in [0.29, 0.717) is 6.04 Å². The average molecular weight is 158 g/mol. The van der Waals surface area contributed by atoms with Gasteiger partial charge in [0.1, 0.15) is 0 Å². The Balaban J connectivity index is 2.25. The van der Waals surface area contributed by atoms with E-state index in [1.165, 1.54) is 19.4 Å². The molecule has 0 aromatic rings. The van der Waals surface area contributed by atoms with Crippen LogP contribution < -0.4 is 5.43 Å². The van der Waals surface area contributed by atoms with Gasteiger partial charge in [-0.3, -0.25) is 5.43 Å². The van der Waals surface area contributed by atoms with Gasteiger partial charge in [-0.1, -0.05) is 6.92 Å². The summed E-state index contributed by atoms with van der Waals surface area (Å²) in [5.41, 5.74) is 3.33. The number of nitrogens with one attached hydrogen (secondary N) is 1. The first kappa shape index (κ1) is 8.97. The summed E-state index contributed by atoms with van der Waals surface area (Å²) in [4.78, 5) is 0. The van der Waals surface area contributed by atoms with Crippen molar-refractivity contribution < 1.29 is 4.74 Å². The fourth-order valence-electron chi connectivity index (χ4n) is 1.61. The third-order valence-electron chi connectivity index (χ3n) is 2.10. The van der Waals surface area contributed by atoms with E-state index < -0.39 is 0 Å². The minimum Gasteiger partial charge on any atom is -0.383 e. The van der Waals surface area contributed by atoms with E-state index in [0.717, 1.165) is 13.2 Å². The zero-order chi connectivity index (χ0) is 8.10. The molecule has 1 heterocycles. The third-order valence-corrected chi connectivity index (χ3v) is 2.10. The minimum atomic E-state index is 0.597. The minimum absolute atomic E-state index is 0.597. The smallest absolute Gasteiger partial charge is 0.0632 e. The van der Waals surface area contributed by atoms with Crippen LogP contribution in [-0.4, -0.2) is 37.9 Å². The quantitative estimate of drug-likeness (QED) is 0.649. The highest BCUT2D eigenvalue weighted by Gasteiger charge is 2.22. The highest BCUT2D eigenvalue weighted by molar-refractivity contribution is 4.75. The van der Waals surface area contributed by atoms with Gasteiger partial charge in [0.05, 0.1) is 6.61 Å². The van der Waals surface area contributed by atoms with Crippen molar-refractivity contribution in [1.82, 2.24) is 10.4 Å². The van der Waals surface area contributed by atoms with Crippen LogP contribution in [0.4, 0.5) is 0 Å². The van der Waals surface area contributed by atoms with Gasteiger partial charge in [0.15, 0.2) is 0 Å². The number of nitrogens with zero attached hydrogens (tertiary/aromatic N) is 1. The molecule has 11 heavy (non-hydrogen) atoms. The number of hydrogen-bond donors (Lipinski definition) is 1. The van der Waals surface area contributed by atoms with Crippen molar-refractivity contribution in [3.63, 3.8) is 0 Å². The summed E-state index contributed by atoms with van der Waals surface area (Å²) in [5, 5.41) is 2.30. The molecule has 0 bridgehead atoms. The molecule has 1 atom stereocenters. The van der Waals surface area contributed by atoms with Crippen LogP contribution in [0.5, 0.6) is 0 Å². The van der Waals surface area contributed by atoms with E-state index in [4.69, 9.17) is 4.74 Å². The number of methoxy groups -OCH3 is 1. The summed E-state index contributed by atoms with van der Waals surface area (Å²) >= 11 is 0. The highest BCUT2D eigenvalue weighted by atomic mass is 16.5. The van der Waals surface area contributed by atoms with Crippen molar-refractivity contribution in [3.05, 3.63) is 0 Å². The lowest BCUT2D eigenvalue weighted by atomic mass is 10.2. The molecule has 0 aromatic heterocycles. The molecule has 0 saturated carbocycles. The van der Waals surface area contributed by atoms with Crippen LogP contribution in [0.1, 0.15) is 19.8 Å². The molecule has 1 rings (SSSR count). The Morgan fingerprint density at radius 3 is 3.09 bits per heavy atom. The summed E-state index contributed by atoms with van der Waals surface area (Å²) in [6, 6.07) is 0.597. The first-order valence-corrected chi connectivity index (χ1v) is 4.37. The van der Waals surface area contributed by atoms with E-state index in [1.807, 2.05) is 0 Å². The molecule has 0 aromatic carbocycles. The van der Waals surface area contributed by atoms with Gasteiger partial charge in [0.25, 0.3) is 0 Å². The van der Waals surface area contributed by atoms with Gasteiger partial charge >= 0.3 is 0 Å². The Bertz CT molecular complexity index is 96.3. The predicted octanol–water partition coefficient (Wildman–Crippen LogP) is 0.622. The van der Waals surface area contributed by atoms with Crippen LogP contribution in [0.2, 0.25) is 0 Å². The van der Waals surface area contributed by atoms with Gasteiger partial charge in [-0.25, -0.2) is 5.01 Å². The molecular weight excluding hydrogens is 140 g/mol. The first-order chi connectivity index (χ1) is 5.38. The molecule has 1 aliphatic rings. The molecular formula is C8H18N2O. The molecule has 0 aliphatic carbocycles. The number of rotatable bonds is 4. The fraction of sp³-hybridized carbons (Fsp3) is 1.00. The summed E-state index contributed by atoms with van der Waals surface area (Å²) in [6.45, 7) is 5.16. The molecule has 3 nitrogen and oxygen atoms in total. The first-order valence-electron chi connectivity index (χ1n) is 4.37. The SMILES string of the molecule is CCNN1CCCC1COC. The number of hydrazine groups is 1. The second-order valence-corrected chi connectivity index (χ2v) is 2.96. The van der Waals surface area contributed by atoms with Crippen LogP contribution >= 0.6 is 0 Å². The van der Waals surface area contributed by atoms with Crippen LogP contribution in [-0.2, 0) is 4.74 Å². The number of ether oxygens (including phenoxy) is 1. The Labute approximate surface area is 68.7 Å². The lowest BCUT2D eigenvalue weighted by molar-refractivity contribution is 0.0854. The van der Waals surface area contributed by atoms with Crippen molar-refractivity contribution in [1.29, 1.82) is 0 Å². The van der Waals surface area contributed by atoms with Crippen molar-refractivity contribution in [2.24, 2.45) is 0 Å². The van der Waals surface area contributed by atoms with E-state index in [-0.39, 0.29) is 0 Å². The molecule has 0 spiro atoms. The van der Waals surface area contributed by atoms with Crippen molar-refractivity contribution in [2.45, 2.75) is 25.8 Å². The molecule has 1 fully saturated rings. The molecule has 1 N–H and O–H groups in total. The third kappa shape index (κ3) is 2.43. The molecule has 0 amide bonds. The molecule has 0 radical (unpaired) electrons. The van der Waals surface area contributed by atoms with Crippen molar-refractivity contribution >= 4 is 0 Å². The molecule has 3 heteroatoms. The lowest BCUT2D eigenvalue weighted by Gasteiger charge is -2.23. The topological polar surface area (TPSA) is 24.5 Å². The predicted molar refractivity (Wildman–Crippen MR) is 45.3 cm³/mol. The monoisotopic (exact) mass is 158 g/mol. The standard InChI is InChI=1S/C8H18N2O/c1-3-9-10-6-4-5-8(10)7-11-2/h8-9H,3-7H2,1-2H3. The van der Waals surface area contributed by atoms with E-state index in [1.54, 1.807) is 7.11 Å². The Hall–Kier alpha value is -0.120. The van der Waals surface area contributed by atoms with Gasteiger partial charge in [-0.2, -0.15) is 0 Å². The van der Waals surface area contributed by atoms with Crippen molar-refractivity contribution in [2.75, 3.05) is 26.8 Å². The maximum Gasteiger partial charge on any atom is 0.0632 e. The normalized spacial score (nSPS) is 26.2. The maximum atomic E-state index is 5.12. The largest absolute Gasteiger partial charge is 0.383 e. The van der Waals surface area contributed by atoms with Crippen LogP contribution in [0.15, 0.2) is 0 Å². The zero-order valence-corrected chi connectivity index (χ0v) is 7.47. The number of hydrogen-bond acceptors (Lipinski definition) is 3. The van der Waals surface area contributed by atoms with Crippen LogP contribution in [0.3, 0.4) is 0 Å². The summed E-state index contributed by atoms with van der Waals surface area (Å²) in [7, 11) is 1.77. The Kier molecular flexibility index (Phi) is 3.83. The van der Waals surface area contributed by atoms with Gasteiger partial charge in [0, 0.05) is 26.2 Å².